The molecule has 0 atom stereocenters. The number of hydrogen-bond donors (Lipinski definition) is 1. The molecule has 1 aliphatic rings. The van der Waals surface area contributed by atoms with E-state index in [1.165, 1.54) is 4.90 Å². The van der Waals surface area contributed by atoms with Crippen molar-refractivity contribution in [2.45, 2.75) is 6.42 Å². The average molecular weight is 225 g/mol. The van der Waals surface area contributed by atoms with Gasteiger partial charge in [-0.15, -0.1) is 0 Å². The van der Waals surface area contributed by atoms with E-state index in [1.807, 2.05) is 0 Å². The van der Waals surface area contributed by atoms with Crippen molar-refractivity contribution in [1.29, 1.82) is 0 Å². The predicted molar refractivity (Wildman–Crippen MR) is 56.7 cm³/mol. The van der Waals surface area contributed by atoms with E-state index < -0.39 is 5.91 Å². The van der Waals surface area contributed by atoms with Gasteiger partial charge in [0.05, 0.1) is 6.42 Å². The van der Waals surface area contributed by atoms with E-state index in [0.717, 1.165) is 11.3 Å². The molecule has 0 aromatic heterocycles. The Labute approximate surface area is 91.6 Å². The van der Waals surface area contributed by atoms with Gasteiger partial charge in [0.2, 0.25) is 11.8 Å². The molecule has 0 bridgehead atoms. The highest BCUT2D eigenvalue weighted by Gasteiger charge is 2.28. The number of primary amides is 1. The number of benzene rings is 1. The molecule has 4 nitrogen and oxygen atoms in total. The zero-order valence-corrected chi connectivity index (χ0v) is 8.62. The minimum absolute atomic E-state index is 0.0759. The molecule has 5 heteroatoms. The molecule has 2 rings (SSSR count). The highest BCUT2D eigenvalue weighted by atomic mass is 35.5. The van der Waals surface area contributed by atoms with Gasteiger partial charge in [0.25, 0.3) is 0 Å². The highest BCUT2D eigenvalue weighted by Crippen LogP contribution is 2.30. The van der Waals surface area contributed by atoms with Crippen molar-refractivity contribution in [3.63, 3.8) is 0 Å². The van der Waals surface area contributed by atoms with E-state index in [0.29, 0.717) is 5.02 Å². The van der Waals surface area contributed by atoms with Crippen molar-refractivity contribution in [2.75, 3.05) is 11.4 Å². The molecule has 1 aromatic carbocycles. The van der Waals surface area contributed by atoms with E-state index in [1.54, 1.807) is 18.2 Å². The van der Waals surface area contributed by atoms with Crippen molar-refractivity contribution in [2.24, 2.45) is 5.73 Å². The van der Waals surface area contributed by atoms with E-state index in [-0.39, 0.29) is 18.9 Å². The number of anilines is 1. The maximum atomic E-state index is 11.6. The second-order valence-corrected chi connectivity index (χ2v) is 3.83. The van der Waals surface area contributed by atoms with Crippen molar-refractivity contribution in [3.05, 3.63) is 28.8 Å². The molecule has 1 aromatic rings. The predicted octanol–water partition coefficient (Wildman–Crippen LogP) is 0.714. The number of rotatable bonds is 2. The third-order valence-corrected chi connectivity index (χ3v) is 2.52. The van der Waals surface area contributed by atoms with Crippen molar-refractivity contribution in [3.8, 4) is 0 Å². The first kappa shape index (κ1) is 9.98. The van der Waals surface area contributed by atoms with Crippen LogP contribution in [0.1, 0.15) is 5.56 Å². The SMILES string of the molecule is NC(=O)CN1C(=O)Cc2cc(Cl)ccc21. The first-order chi connectivity index (χ1) is 7.08. The third kappa shape index (κ3) is 1.80. The van der Waals surface area contributed by atoms with Crippen LogP contribution in [0.5, 0.6) is 0 Å². The first-order valence-corrected chi connectivity index (χ1v) is 4.83. The number of amides is 2. The minimum atomic E-state index is -0.522. The van der Waals surface area contributed by atoms with E-state index in [9.17, 15) is 9.59 Å². The lowest BCUT2D eigenvalue weighted by Crippen LogP contribution is -2.35. The molecule has 2 N–H and O–H groups in total. The van der Waals surface area contributed by atoms with E-state index >= 15 is 0 Å². The van der Waals surface area contributed by atoms with Gasteiger partial charge in [0.1, 0.15) is 6.54 Å². The third-order valence-electron chi connectivity index (χ3n) is 2.29. The van der Waals surface area contributed by atoms with Crippen molar-refractivity contribution in [1.82, 2.24) is 0 Å². The summed E-state index contributed by atoms with van der Waals surface area (Å²) in [5.74, 6) is -0.641. The fourth-order valence-electron chi connectivity index (χ4n) is 1.68. The topological polar surface area (TPSA) is 63.4 Å². The minimum Gasteiger partial charge on any atom is -0.368 e. The summed E-state index contributed by atoms with van der Waals surface area (Å²) in [4.78, 5) is 23.7. The molecule has 78 valence electrons. The second-order valence-electron chi connectivity index (χ2n) is 3.40. The summed E-state index contributed by atoms with van der Waals surface area (Å²) >= 11 is 5.80. The molecule has 15 heavy (non-hydrogen) atoms. The molecule has 0 radical (unpaired) electrons. The molecule has 0 aliphatic carbocycles. The van der Waals surface area contributed by atoms with E-state index in [2.05, 4.69) is 0 Å². The maximum absolute atomic E-state index is 11.6. The Kier molecular flexibility index (Phi) is 2.36. The Morgan fingerprint density at radius 2 is 2.27 bits per heavy atom. The number of carbonyl (C=O) groups excluding carboxylic acids is 2. The summed E-state index contributed by atoms with van der Waals surface area (Å²) in [6.07, 6.45) is 0.281. The number of halogens is 1. The van der Waals surface area contributed by atoms with Gasteiger partial charge in [-0.2, -0.15) is 0 Å². The lowest BCUT2D eigenvalue weighted by atomic mass is 10.2. The quantitative estimate of drug-likeness (QED) is 0.804. The van der Waals surface area contributed by atoms with Crippen LogP contribution in [-0.2, 0) is 16.0 Å². The Morgan fingerprint density at radius 1 is 1.53 bits per heavy atom. The van der Waals surface area contributed by atoms with Gasteiger partial charge in [0.15, 0.2) is 0 Å². The monoisotopic (exact) mass is 224 g/mol. The average Bonchev–Trinajstić information content (AvgIpc) is 2.41. The lowest BCUT2D eigenvalue weighted by molar-refractivity contribution is -0.121. The smallest absolute Gasteiger partial charge is 0.237 e. The number of nitrogens with zero attached hydrogens (tertiary/aromatic N) is 1. The zero-order valence-electron chi connectivity index (χ0n) is 7.87. The van der Waals surface area contributed by atoms with Gasteiger partial charge >= 0.3 is 0 Å². The molecule has 0 unspecified atom stereocenters. The Balaban J connectivity index is 2.37. The van der Waals surface area contributed by atoms with Gasteiger partial charge < -0.3 is 10.6 Å². The summed E-state index contributed by atoms with van der Waals surface area (Å²) in [6, 6.07) is 5.15. The Bertz CT molecular complexity index is 445. The maximum Gasteiger partial charge on any atom is 0.237 e. The largest absolute Gasteiger partial charge is 0.368 e. The summed E-state index contributed by atoms with van der Waals surface area (Å²) in [7, 11) is 0. The van der Waals surface area contributed by atoms with Crippen LogP contribution in [0.4, 0.5) is 5.69 Å². The summed E-state index contributed by atoms with van der Waals surface area (Å²) in [5.41, 5.74) is 6.63. The molecule has 0 fully saturated rings. The van der Waals surface area contributed by atoms with Gasteiger partial charge in [-0.3, -0.25) is 9.59 Å². The van der Waals surface area contributed by atoms with Crippen LogP contribution < -0.4 is 10.6 Å². The summed E-state index contributed by atoms with van der Waals surface area (Å²) < 4.78 is 0. The molecule has 1 aliphatic heterocycles. The zero-order chi connectivity index (χ0) is 11.0. The summed E-state index contributed by atoms with van der Waals surface area (Å²) in [5, 5.41) is 0.586. The van der Waals surface area contributed by atoms with Crippen LogP contribution in [0, 0.1) is 0 Å². The molecule has 0 spiro atoms. The van der Waals surface area contributed by atoms with Crippen molar-refractivity contribution >= 4 is 29.1 Å². The fraction of sp³-hybridized carbons (Fsp3) is 0.200. The van der Waals surface area contributed by atoms with Crippen LogP contribution in [0.2, 0.25) is 5.02 Å². The van der Waals surface area contributed by atoms with Crippen LogP contribution in [0.3, 0.4) is 0 Å². The number of fused-ring (bicyclic) bond motifs is 1. The molecule has 0 saturated carbocycles. The first-order valence-electron chi connectivity index (χ1n) is 4.45. The highest BCUT2D eigenvalue weighted by molar-refractivity contribution is 6.30. The van der Waals surface area contributed by atoms with E-state index in [4.69, 9.17) is 17.3 Å². The number of nitrogens with two attached hydrogens (primary N) is 1. The molecule has 0 saturated heterocycles. The molecular weight excluding hydrogens is 216 g/mol. The van der Waals surface area contributed by atoms with Crippen LogP contribution in [-0.4, -0.2) is 18.4 Å². The van der Waals surface area contributed by atoms with Crippen LogP contribution in [0.25, 0.3) is 0 Å². The Hall–Kier alpha value is -1.55. The molecule has 2 amide bonds. The lowest BCUT2D eigenvalue weighted by Gasteiger charge is -2.14. The number of carbonyl (C=O) groups is 2. The molecular formula is C10H9ClN2O2. The van der Waals surface area contributed by atoms with Gasteiger partial charge in [0, 0.05) is 10.7 Å². The van der Waals surface area contributed by atoms with Crippen molar-refractivity contribution < 1.29 is 9.59 Å². The number of hydrogen-bond acceptors (Lipinski definition) is 2. The fourth-order valence-corrected chi connectivity index (χ4v) is 1.88. The summed E-state index contributed by atoms with van der Waals surface area (Å²) in [6.45, 7) is -0.0759. The Morgan fingerprint density at radius 3 is 2.93 bits per heavy atom. The standard InChI is InChI=1S/C10H9ClN2O2/c11-7-1-2-8-6(3-7)4-10(15)13(8)5-9(12)14/h1-3H,4-5H2,(H2,12,14). The van der Waals surface area contributed by atoms with Gasteiger partial charge in [-0.1, -0.05) is 11.6 Å². The van der Waals surface area contributed by atoms with Gasteiger partial charge in [-0.05, 0) is 23.8 Å². The van der Waals surface area contributed by atoms with Crippen LogP contribution >= 0.6 is 11.6 Å². The van der Waals surface area contributed by atoms with Gasteiger partial charge in [-0.25, -0.2) is 0 Å². The second kappa shape index (κ2) is 3.55. The van der Waals surface area contributed by atoms with Crippen LogP contribution in [0.15, 0.2) is 18.2 Å². The molecule has 1 heterocycles. The normalized spacial score (nSPS) is 14.2.